The molecule has 0 atom stereocenters. The van der Waals surface area contributed by atoms with Crippen LogP contribution in [0.5, 0.6) is 5.75 Å². The number of halogens is 2. The summed E-state index contributed by atoms with van der Waals surface area (Å²) < 4.78 is 50.8. The number of nitrogens with one attached hydrogen (secondary N) is 1. The third-order valence-electron chi connectivity index (χ3n) is 3.30. The zero-order valence-electron chi connectivity index (χ0n) is 10.9. The van der Waals surface area contributed by atoms with Crippen molar-refractivity contribution < 1.29 is 21.9 Å². The fourth-order valence-electron chi connectivity index (χ4n) is 2.15. The third kappa shape index (κ3) is 4.72. The smallest absolute Gasteiger partial charge is 0.387 e. The summed E-state index contributed by atoms with van der Waals surface area (Å²) in [6, 6.07) is 6.60. The summed E-state index contributed by atoms with van der Waals surface area (Å²) in [5, 5.41) is 3.28. The molecular formula is C13H17F2NO3S. The van der Waals surface area contributed by atoms with E-state index >= 15 is 0 Å². The summed E-state index contributed by atoms with van der Waals surface area (Å²) in [5.74, 6) is 0.588. The summed E-state index contributed by atoms with van der Waals surface area (Å²) in [6.07, 6.45) is 1.24. The van der Waals surface area contributed by atoms with Crippen LogP contribution in [0.15, 0.2) is 24.3 Å². The third-order valence-corrected chi connectivity index (χ3v) is 5.01. The van der Waals surface area contributed by atoms with Crippen LogP contribution in [0.3, 0.4) is 0 Å². The van der Waals surface area contributed by atoms with E-state index in [1.54, 1.807) is 12.1 Å². The maximum absolute atomic E-state index is 12.0. The quantitative estimate of drug-likeness (QED) is 0.903. The fourth-order valence-corrected chi connectivity index (χ4v) is 3.64. The Morgan fingerprint density at radius 3 is 2.35 bits per heavy atom. The molecule has 112 valence electrons. The standard InChI is InChI=1S/C13H17F2NO3S/c14-13(15)19-12-3-1-10(2-4-12)9-16-11-5-7-20(17,18)8-6-11/h1-4,11,13,16H,5-9H2. The first kappa shape index (κ1) is 15.2. The Hall–Kier alpha value is -1.21. The van der Waals surface area contributed by atoms with Crippen LogP contribution in [0.4, 0.5) is 8.78 Å². The normalized spacial score (nSPS) is 19.1. The van der Waals surface area contributed by atoms with Gasteiger partial charge < -0.3 is 10.1 Å². The fraction of sp³-hybridized carbons (Fsp3) is 0.538. The topological polar surface area (TPSA) is 55.4 Å². The Morgan fingerprint density at radius 2 is 1.80 bits per heavy atom. The predicted molar refractivity (Wildman–Crippen MR) is 71.6 cm³/mol. The highest BCUT2D eigenvalue weighted by Gasteiger charge is 2.22. The van der Waals surface area contributed by atoms with Gasteiger partial charge in [0.25, 0.3) is 0 Å². The molecule has 1 aromatic carbocycles. The van der Waals surface area contributed by atoms with Gasteiger partial charge in [-0.15, -0.1) is 0 Å². The van der Waals surface area contributed by atoms with Crippen molar-refractivity contribution in [2.75, 3.05) is 11.5 Å². The van der Waals surface area contributed by atoms with Gasteiger partial charge in [0.05, 0.1) is 11.5 Å². The Bertz CT molecular complexity index is 517. The number of alkyl halides is 2. The molecule has 1 N–H and O–H groups in total. The molecule has 1 aliphatic rings. The van der Waals surface area contributed by atoms with Crippen molar-refractivity contribution in [1.82, 2.24) is 5.32 Å². The second kappa shape index (κ2) is 6.49. The molecule has 1 fully saturated rings. The zero-order chi connectivity index (χ0) is 14.6. The van der Waals surface area contributed by atoms with Crippen molar-refractivity contribution in [3.8, 4) is 5.75 Å². The van der Waals surface area contributed by atoms with Gasteiger partial charge in [-0.25, -0.2) is 8.42 Å². The van der Waals surface area contributed by atoms with Crippen molar-refractivity contribution in [2.45, 2.75) is 32.0 Å². The largest absolute Gasteiger partial charge is 0.435 e. The first-order valence-electron chi connectivity index (χ1n) is 6.42. The highest BCUT2D eigenvalue weighted by molar-refractivity contribution is 7.91. The number of hydrogen-bond acceptors (Lipinski definition) is 4. The van der Waals surface area contributed by atoms with E-state index in [0.29, 0.717) is 19.4 Å². The predicted octanol–water partition coefficient (Wildman–Crippen LogP) is 1.95. The highest BCUT2D eigenvalue weighted by atomic mass is 32.2. The van der Waals surface area contributed by atoms with Crippen molar-refractivity contribution in [2.24, 2.45) is 0 Å². The molecular weight excluding hydrogens is 288 g/mol. The second-order valence-corrected chi connectivity index (χ2v) is 7.13. The molecule has 0 aliphatic carbocycles. The highest BCUT2D eigenvalue weighted by Crippen LogP contribution is 2.16. The Balaban J connectivity index is 1.80. The van der Waals surface area contributed by atoms with Crippen LogP contribution in [-0.2, 0) is 16.4 Å². The van der Waals surface area contributed by atoms with Gasteiger partial charge in [-0.05, 0) is 30.5 Å². The van der Waals surface area contributed by atoms with Crippen LogP contribution < -0.4 is 10.1 Å². The van der Waals surface area contributed by atoms with Crippen LogP contribution >= 0.6 is 0 Å². The Kier molecular flexibility index (Phi) is 4.93. The SMILES string of the molecule is O=S1(=O)CCC(NCc2ccc(OC(F)F)cc2)CC1. The molecule has 0 radical (unpaired) electrons. The zero-order valence-corrected chi connectivity index (χ0v) is 11.7. The molecule has 0 unspecified atom stereocenters. The van der Waals surface area contributed by atoms with Gasteiger partial charge in [0, 0.05) is 12.6 Å². The average molecular weight is 305 g/mol. The lowest BCUT2D eigenvalue weighted by Crippen LogP contribution is -2.37. The van der Waals surface area contributed by atoms with Gasteiger partial charge in [-0.2, -0.15) is 8.78 Å². The van der Waals surface area contributed by atoms with Gasteiger partial charge in [0.15, 0.2) is 0 Å². The minimum absolute atomic E-state index is 0.132. The van der Waals surface area contributed by atoms with Crippen LogP contribution in [0.1, 0.15) is 18.4 Å². The number of rotatable bonds is 5. The molecule has 1 aromatic rings. The lowest BCUT2D eigenvalue weighted by molar-refractivity contribution is -0.0498. The molecule has 1 saturated heterocycles. The number of sulfone groups is 1. The minimum Gasteiger partial charge on any atom is -0.435 e. The van der Waals surface area contributed by atoms with Crippen molar-refractivity contribution in [1.29, 1.82) is 0 Å². The van der Waals surface area contributed by atoms with Crippen LogP contribution in [0.2, 0.25) is 0 Å². The number of hydrogen-bond donors (Lipinski definition) is 1. The first-order valence-corrected chi connectivity index (χ1v) is 8.24. The minimum atomic E-state index is -2.84. The van der Waals surface area contributed by atoms with E-state index in [-0.39, 0.29) is 23.3 Å². The van der Waals surface area contributed by atoms with Crippen molar-refractivity contribution >= 4 is 9.84 Å². The van der Waals surface area contributed by atoms with Gasteiger partial charge in [0.1, 0.15) is 15.6 Å². The molecule has 1 aliphatic heterocycles. The van der Waals surface area contributed by atoms with Crippen molar-refractivity contribution in [3.63, 3.8) is 0 Å². The van der Waals surface area contributed by atoms with E-state index in [1.165, 1.54) is 12.1 Å². The molecule has 1 heterocycles. The van der Waals surface area contributed by atoms with E-state index in [0.717, 1.165) is 5.56 Å². The van der Waals surface area contributed by atoms with Gasteiger partial charge in [0.2, 0.25) is 0 Å². The molecule has 20 heavy (non-hydrogen) atoms. The first-order chi connectivity index (χ1) is 9.44. The maximum atomic E-state index is 12.0. The summed E-state index contributed by atoms with van der Waals surface area (Å²) >= 11 is 0. The summed E-state index contributed by atoms with van der Waals surface area (Å²) in [5.41, 5.74) is 0.944. The molecule has 0 amide bonds. The molecule has 0 spiro atoms. The Morgan fingerprint density at radius 1 is 1.20 bits per heavy atom. The maximum Gasteiger partial charge on any atom is 0.387 e. The second-order valence-electron chi connectivity index (χ2n) is 4.83. The molecule has 2 rings (SSSR count). The molecule has 7 heteroatoms. The summed E-state index contributed by atoms with van der Waals surface area (Å²) in [6.45, 7) is -2.23. The van der Waals surface area contributed by atoms with Gasteiger partial charge in [-0.1, -0.05) is 12.1 Å². The monoisotopic (exact) mass is 305 g/mol. The summed E-state index contributed by atoms with van der Waals surface area (Å²) in [7, 11) is -2.84. The number of ether oxygens (including phenoxy) is 1. The lowest BCUT2D eigenvalue weighted by atomic mass is 10.1. The molecule has 4 nitrogen and oxygen atoms in total. The summed E-state index contributed by atoms with van der Waals surface area (Å²) in [4.78, 5) is 0. The van der Waals surface area contributed by atoms with Crippen LogP contribution in [0.25, 0.3) is 0 Å². The average Bonchev–Trinajstić information content (AvgIpc) is 2.38. The molecule has 0 saturated carbocycles. The van der Waals surface area contributed by atoms with Crippen LogP contribution in [-0.4, -0.2) is 32.6 Å². The van der Waals surface area contributed by atoms with E-state index in [1.807, 2.05) is 0 Å². The van der Waals surface area contributed by atoms with Crippen molar-refractivity contribution in [3.05, 3.63) is 29.8 Å². The van der Waals surface area contributed by atoms with Gasteiger partial charge in [-0.3, -0.25) is 0 Å². The van der Waals surface area contributed by atoms with E-state index < -0.39 is 16.4 Å². The van der Waals surface area contributed by atoms with Gasteiger partial charge >= 0.3 is 6.61 Å². The van der Waals surface area contributed by atoms with E-state index in [4.69, 9.17) is 0 Å². The molecule has 0 bridgehead atoms. The van der Waals surface area contributed by atoms with E-state index in [9.17, 15) is 17.2 Å². The molecule has 0 aromatic heterocycles. The lowest BCUT2D eigenvalue weighted by Gasteiger charge is -2.23. The van der Waals surface area contributed by atoms with E-state index in [2.05, 4.69) is 10.1 Å². The Labute approximate surface area is 117 Å². The number of benzene rings is 1. The van der Waals surface area contributed by atoms with Crippen LogP contribution in [0, 0.1) is 0 Å².